The summed E-state index contributed by atoms with van der Waals surface area (Å²) in [6.45, 7) is 1.36. The minimum Gasteiger partial charge on any atom is -0.375 e. The van der Waals surface area contributed by atoms with Gasteiger partial charge in [-0.3, -0.25) is 5.10 Å². The second-order valence-corrected chi connectivity index (χ2v) is 7.11. The zero-order valence-corrected chi connectivity index (χ0v) is 12.3. The molecule has 7 nitrogen and oxygen atoms in total. The molecule has 2 N–H and O–H groups in total. The van der Waals surface area contributed by atoms with E-state index >= 15 is 0 Å². The molecule has 2 unspecified atom stereocenters. The van der Waals surface area contributed by atoms with Crippen LogP contribution in [-0.2, 0) is 21.3 Å². The van der Waals surface area contributed by atoms with Crippen molar-refractivity contribution in [3.05, 3.63) is 11.8 Å². The second-order valence-electron chi connectivity index (χ2n) is 5.28. The van der Waals surface area contributed by atoms with Crippen molar-refractivity contribution in [2.24, 2.45) is 0 Å². The predicted molar refractivity (Wildman–Crippen MR) is 72.6 cm³/mol. The van der Waals surface area contributed by atoms with Crippen LogP contribution in [0, 0.1) is 0 Å². The van der Waals surface area contributed by atoms with E-state index in [0.29, 0.717) is 25.3 Å². The minimum atomic E-state index is -3.53. The molecular formula is C12H20N4O3S. The lowest BCUT2D eigenvalue weighted by atomic mass is 10.2. The number of aromatic amines is 1. The Morgan fingerprint density at radius 3 is 3.20 bits per heavy atom. The van der Waals surface area contributed by atoms with Crippen molar-refractivity contribution in [3.63, 3.8) is 0 Å². The Morgan fingerprint density at radius 2 is 2.40 bits per heavy atom. The number of H-pyrrole nitrogens is 1. The molecule has 0 spiro atoms. The Labute approximate surface area is 118 Å². The van der Waals surface area contributed by atoms with E-state index in [-0.39, 0.29) is 17.2 Å². The molecule has 1 saturated carbocycles. The summed E-state index contributed by atoms with van der Waals surface area (Å²) >= 11 is 0. The third kappa shape index (κ3) is 2.26. The quantitative estimate of drug-likeness (QED) is 0.822. The van der Waals surface area contributed by atoms with Gasteiger partial charge in [-0.15, -0.1) is 0 Å². The lowest BCUT2D eigenvalue weighted by Gasteiger charge is -2.36. The van der Waals surface area contributed by atoms with Gasteiger partial charge in [0, 0.05) is 18.7 Å². The molecule has 112 valence electrons. The highest BCUT2D eigenvalue weighted by molar-refractivity contribution is 7.89. The molecule has 0 radical (unpaired) electrons. The molecule has 1 aromatic heterocycles. The largest absolute Gasteiger partial charge is 0.375 e. The standard InChI is InChI=1S/C12H20N4O3S/c1-13-7-9-8-14-15-12(9)20(17,18)16-5-6-19-11-4-2-3-10(11)16/h8,10-11,13H,2-7H2,1H3,(H,14,15). The Kier molecular flexibility index (Phi) is 3.80. The van der Waals surface area contributed by atoms with Gasteiger partial charge >= 0.3 is 0 Å². The molecule has 1 saturated heterocycles. The van der Waals surface area contributed by atoms with E-state index < -0.39 is 10.0 Å². The highest BCUT2D eigenvalue weighted by Crippen LogP contribution is 2.33. The van der Waals surface area contributed by atoms with Gasteiger partial charge in [-0.1, -0.05) is 0 Å². The maximum Gasteiger partial charge on any atom is 0.260 e. The van der Waals surface area contributed by atoms with Gasteiger partial charge in [-0.25, -0.2) is 8.42 Å². The minimum absolute atomic E-state index is 0.0283. The Balaban J connectivity index is 1.92. The monoisotopic (exact) mass is 300 g/mol. The number of hydrogen-bond acceptors (Lipinski definition) is 5. The molecule has 1 aromatic rings. The SMILES string of the molecule is CNCc1cn[nH]c1S(=O)(=O)N1CCOC2CCCC21. The highest BCUT2D eigenvalue weighted by atomic mass is 32.2. The number of rotatable bonds is 4. The summed E-state index contributed by atoms with van der Waals surface area (Å²) in [6, 6.07) is -0.0283. The Bertz CT molecular complexity index is 571. The van der Waals surface area contributed by atoms with Crippen LogP contribution in [0.3, 0.4) is 0 Å². The van der Waals surface area contributed by atoms with Gasteiger partial charge in [0.25, 0.3) is 10.0 Å². The van der Waals surface area contributed by atoms with E-state index in [1.165, 1.54) is 0 Å². The highest BCUT2D eigenvalue weighted by Gasteiger charge is 2.43. The van der Waals surface area contributed by atoms with E-state index in [0.717, 1.165) is 19.3 Å². The van der Waals surface area contributed by atoms with E-state index in [2.05, 4.69) is 15.5 Å². The van der Waals surface area contributed by atoms with Crippen LogP contribution in [0.1, 0.15) is 24.8 Å². The predicted octanol–water partition coefficient (Wildman–Crippen LogP) is 0.0711. The lowest BCUT2D eigenvalue weighted by Crippen LogP contribution is -2.51. The zero-order valence-electron chi connectivity index (χ0n) is 11.5. The van der Waals surface area contributed by atoms with Crippen LogP contribution in [0.4, 0.5) is 0 Å². The van der Waals surface area contributed by atoms with E-state index in [9.17, 15) is 8.42 Å². The van der Waals surface area contributed by atoms with E-state index in [1.807, 2.05) is 0 Å². The van der Waals surface area contributed by atoms with Crippen molar-refractivity contribution < 1.29 is 13.2 Å². The van der Waals surface area contributed by atoms with Crippen molar-refractivity contribution in [2.75, 3.05) is 20.2 Å². The number of nitrogens with zero attached hydrogens (tertiary/aromatic N) is 2. The zero-order chi connectivity index (χ0) is 14.2. The number of aromatic nitrogens is 2. The van der Waals surface area contributed by atoms with Gasteiger partial charge in [0.15, 0.2) is 5.03 Å². The van der Waals surface area contributed by atoms with E-state index in [4.69, 9.17) is 4.74 Å². The number of sulfonamides is 1. The van der Waals surface area contributed by atoms with Crippen molar-refractivity contribution in [1.82, 2.24) is 19.8 Å². The fourth-order valence-electron chi connectivity index (χ4n) is 3.14. The fraction of sp³-hybridized carbons (Fsp3) is 0.750. The summed E-state index contributed by atoms with van der Waals surface area (Å²) in [5, 5.41) is 9.70. The van der Waals surface area contributed by atoms with Gasteiger partial charge in [-0.05, 0) is 26.3 Å². The number of fused-ring (bicyclic) bond motifs is 1. The lowest BCUT2D eigenvalue weighted by molar-refractivity contribution is -0.0242. The molecule has 0 aromatic carbocycles. The van der Waals surface area contributed by atoms with Crippen LogP contribution in [0.2, 0.25) is 0 Å². The molecular weight excluding hydrogens is 280 g/mol. The summed E-state index contributed by atoms with van der Waals surface area (Å²) in [5.41, 5.74) is 0.675. The maximum absolute atomic E-state index is 12.9. The smallest absolute Gasteiger partial charge is 0.260 e. The van der Waals surface area contributed by atoms with Gasteiger partial charge in [0.05, 0.1) is 24.9 Å². The van der Waals surface area contributed by atoms with Crippen LogP contribution >= 0.6 is 0 Å². The number of morpholine rings is 1. The topological polar surface area (TPSA) is 87.3 Å². The summed E-state index contributed by atoms with van der Waals surface area (Å²) in [7, 11) is -1.75. The summed E-state index contributed by atoms with van der Waals surface area (Å²) in [5.74, 6) is 0. The number of nitrogens with one attached hydrogen (secondary N) is 2. The van der Waals surface area contributed by atoms with Crippen molar-refractivity contribution in [2.45, 2.75) is 43.0 Å². The Hall–Kier alpha value is -0.960. The van der Waals surface area contributed by atoms with Gasteiger partial charge < -0.3 is 10.1 Å². The van der Waals surface area contributed by atoms with Crippen LogP contribution in [-0.4, -0.2) is 55.3 Å². The molecule has 2 atom stereocenters. The molecule has 2 heterocycles. The number of hydrogen-bond donors (Lipinski definition) is 2. The fourth-order valence-corrected chi connectivity index (χ4v) is 4.92. The van der Waals surface area contributed by atoms with Crippen LogP contribution in [0.5, 0.6) is 0 Å². The third-order valence-electron chi connectivity index (χ3n) is 4.04. The summed E-state index contributed by atoms with van der Waals surface area (Å²) < 4.78 is 33.0. The van der Waals surface area contributed by atoms with Crippen molar-refractivity contribution in [3.8, 4) is 0 Å². The van der Waals surface area contributed by atoms with E-state index in [1.54, 1.807) is 17.5 Å². The molecule has 20 heavy (non-hydrogen) atoms. The second kappa shape index (κ2) is 5.44. The number of ether oxygens (including phenoxy) is 1. The average molecular weight is 300 g/mol. The third-order valence-corrected chi connectivity index (χ3v) is 5.98. The van der Waals surface area contributed by atoms with Crippen LogP contribution in [0.15, 0.2) is 11.2 Å². The Morgan fingerprint density at radius 1 is 1.55 bits per heavy atom. The average Bonchev–Trinajstić information content (AvgIpc) is 3.06. The summed E-state index contributed by atoms with van der Waals surface area (Å²) in [6.07, 6.45) is 4.46. The van der Waals surface area contributed by atoms with Crippen molar-refractivity contribution >= 4 is 10.0 Å². The molecule has 2 fully saturated rings. The maximum atomic E-state index is 12.9. The first-order valence-corrected chi connectivity index (χ1v) is 8.39. The molecule has 2 aliphatic rings. The van der Waals surface area contributed by atoms with Crippen molar-refractivity contribution in [1.29, 1.82) is 0 Å². The van der Waals surface area contributed by atoms with Crippen LogP contribution < -0.4 is 5.32 Å². The molecule has 1 aliphatic carbocycles. The molecule has 3 rings (SSSR count). The molecule has 8 heteroatoms. The van der Waals surface area contributed by atoms with Gasteiger partial charge in [0.1, 0.15) is 0 Å². The normalized spacial score (nSPS) is 27.6. The van der Waals surface area contributed by atoms with Gasteiger partial charge in [-0.2, -0.15) is 9.40 Å². The van der Waals surface area contributed by atoms with Gasteiger partial charge in [0.2, 0.25) is 0 Å². The summed E-state index contributed by atoms with van der Waals surface area (Å²) in [4.78, 5) is 0. The molecule has 0 bridgehead atoms. The van der Waals surface area contributed by atoms with Crippen LogP contribution in [0.25, 0.3) is 0 Å². The molecule has 1 aliphatic heterocycles. The molecule has 0 amide bonds. The first-order chi connectivity index (χ1) is 9.64. The first-order valence-electron chi connectivity index (χ1n) is 6.95. The first kappa shape index (κ1) is 14.0.